The number of thiocarbonyl (C=S) groups is 1. The molecular weight excluding hydrogens is 260 g/mol. The van der Waals surface area contributed by atoms with E-state index in [4.69, 9.17) is 22.7 Å². The Hall–Kier alpha value is -1.46. The summed E-state index contributed by atoms with van der Waals surface area (Å²) in [5.74, 6) is -0.0907. The molecule has 1 atom stereocenters. The fraction of sp³-hybridized carbons (Fsp3) is 0.429. The molecule has 1 fully saturated rings. The van der Waals surface area contributed by atoms with Gasteiger partial charge in [-0.25, -0.2) is 0 Å². The summed E-state index contributed by atoms with van der Waals surface area (Å²) in [6, 6.07) is 7.52. The Labute approximate surface area is 118 Å². The van der Waals surface area contributed by atoms with Gasteiger partial charge in [0.1, 0.15) is 5.60 Å². The van der Waals surface area contributed by atoms with E-state index in [9.17, 15) is 4.79 Å². The molecule has 1 unspecified atom stereocenters. The Morgan fingerprint density at radius 2 is 2.16 bits per heavy atom. The molecule has 1 aromatic rings. The van der Waals surface area contributed by atoms with Gasteiger partial charge in [-0.1, -0.05) is 24.4 Å². The van der Waals surface area contributed by atoms with E-state index in [1.54, 1.807) is 0 Å². The number of nitrogens with one attached hydrogen (secondary N) is 1. The Morgan fingerprint density at radius 1 is 1.47 bits per heavy atom. The molecule has 19 heavy (non-hydrogen) atoms. The molecule has 1 amide bonds. The molecule has 0 bridgehead atoms. The lowest BCUT2D eigenvalue weighted by Gasteiger charge is -2.21. The SMILES string of the molecule is CC1(C(=O)Nc2ccc(CC(N)=S)cc2)CCCO1. The number of benzene rings is 1. The third-order valence-corrected chi connectivity index (χ3v) is 3.43. The number of anilines is 1. The first kappa shape index (κ1) is 14.0. The smallest absolute Gasteiger partial charge is 0.256 e. The van der Waals surface area contributed by atoms with Gasteiger partial charge in [-0.2, -0.15) is 0 Å². The predicted octanol–water partition coefficient (Wildman–Crippen LogP) is 2.02. The van der Waals surface area contributed by atoms with Gasteiger partial charge >= 0.3 is 0 Å². The number of ether oxygens (including phenoxy) is 1. The summed E-state index contributed by atoms with van der Waals surface area (Å²) in [5.41, 5.74) is 6.59. The second kappa shape index (κ2) is 5.67. The molecule has 5 heteroatoms. The second-order valence-corrected chi connectivity index (χ2v) is 5.50. The molecule has 1 aromatic carbocycles. The molecule has 3 N–H and O–H groups in total. The van der Waals surface area contributed by atoms with E-state index in [1.165, 1.54) is 0 Å². The van der Waals surface area contributed by atoms with Crippen LogP contribution in [-0.4, -0.2) is 23.1 Å². The van der Waals surface area contributed by atoms with Crippen LogP contribution in [0.4, 0.5) is 5.69 Å². The summed E-state index contributed by atoms with van der Waals surface area (Å²) < 4.78 is 5.51. The first-order valence-corrected chi connectivity index (χ1v) is 6.73. The number of hydrogen-bond donors (Lipinski definition) is 2. The highest BCUT2D eigenvalue weighted by atomic mass is 32.1. The van der Waals surface area contributed by atoms with E-state index in [0.29, 0.717) is 18.0 Å². The fourth-order valence-corrected chi connectivity index (χ4v) is 2.30. The summed E-state index contributed by atoms with van der Waals surface area (Å²) in [5, 5.41) is 2.88. The molecule has 0 aromatic heterocycles. The lowest BCUT2D eigenvalue weighted by molar-refractivity contribution is -0.133. The highest BCUT2D eigenvalue weighted by Gasteiger charge is 2.37. The third kappa shape index (κ3) is 3.52. The average Bonchev–Trinajstić information content (AvgIpc) is 2.79. The molecule has 2 rings (SSSR count). The predicted molar refractivity (Wildman–Crippen MR) is 79.2 cm³/mol. The molecule has 0 radical (unpaired) electrons. The molecule has 0 spiro atoms. The van der Waals surface area contributed by atoms with Crippen LogP contribution in [0.2, 0.25) is 0 Å². The summed E-state index contributed by atoms with van der Waals surface area (Å²) >= 11 is 4.86. The van der Waals surface area contributed by atoms with Crippen molar-refractivity contribution in [2.24, 2.45) is 5.73 Å². The van der Waals surface area contributed by atoms with E-state index in [1.807, 2.05) is 31.2 Å². The van der Waals surface area contributed by atoms with Crippen LogP contribution in [0, 0.1) is 0 Å². The fourth-order valence-electron chi connectivity index (χ4n) is 2.13. The Morgan fingerprint density at radius 3 is 2.68 bits per heavy atom. The van der Waals surface area contributed by atoms with E-state index in [2.05, 4.69) is 5.32 Å². The monoisotopic (exact) mass is 278 g/mol. The van der Waals surface area contributed by atoms with Crippen molar-refractivity contribution in [3.8, 4) is 0 Å². The van der Waals surface area contributed by atoms with Gasteiger partial charge in [-0.3, -0.25) is 4.79 Å². The molecule has 102 valence electrons. The largest absolute Gasteiger partial charge is 0.393 e. The second-order valence-electron chi connectivity index (χ2n) is 4.98. The van der Waals surface area contributed by atoms with Gasteiger partial charge < -0.3 is 15.8 Å². The standard InChI is InChI=1S/C14H18N2O2S/c1-14(7-2-8-18-14)13(17)16-11-5-3-10(4-6-11)9-12(15)19/h3-6H,2,7-9H2,1H3,(H2,15,19)(H,16,17). The maximum atomic E-state index is 12.1. The lowest BCUT2D eigenvalue weighted by atomic mass is 10.0. The summed E-state index contributed by atoms with van der Waals surface area (Å²) in [6.07, 6.45) is 2.26. The zero-order valence-corrected chi connectivity index (χ0v) is 11.8. The number of rotatable bonds is 4. The minimum absolute atomic E-state index is 0.0907. The van der Waals surface area contributed by atoms with Crippen LogP contribution in [0.1, 0.15) is 25.3 Å². The van der Waals surface area contributed by atoms with Gasteiger partial charge in [-0.15, -0.1) is 0 Å². The van der Waals surface area contributed by atoms with Crippen LogP contribution in [0.3, 0.4) is 0 Å². The van der Waals surface area contributed by atoms with Gasteiger partial charge in [-0.05, 0) is 37.5 Å². The maximum Gasteiger partial charge on any atom is 0.256 e. The van der Waals surface area contributed by atoms with Crippen LogP contribution < -0.4 is 11.1 Å². The Bertz CT molecular complexity index is 479. The van der Waals surface area contributed by atoms with Crippen LogP contribution >= 0.6 is 12.2 Å². The van der Waals surface area contributed by atoms with Gasteiger partial charge in [0, 0.05) is 18.7 Å². The van der Waals surface area contributed by atoms with Crippen molar-refractivity contribution in [2.75, 3.05) is 11.9 Å². The van der Waals surface area contributed by atoms with Gasteiger partial charge in [0.2, 0.25) is 0 Å². The van der Waals surface area contributed by atoms with Crippen molar-refractivity contribution in [3.63, 3.8) is 0 Å². The number of carbonyl (C=O) groups excluding carboxylic acids is 1. The van der Waals surface area contributed by atoms with Crippen LogP contribution in [0.15, 0.2) is 24.3 Å². The first-order chi connectivity index (χ1) is 8.99. The summed E-state index contributed by atoms with van der Waals surface area (Å²) in [6.45, 7) is 2.48. The average molecular weight is 278 g/mol. The zero-order chi connectivity index (χ0) is 13.9. The minimum atomic E-state index is -0.697. The van der Waals surface area contributed by atoms with E-state index < -0.39 is 5.60 Å². The van der Waals surface area contributed by atoms with Crippen molar-refractivity contribution in [2.45, 2.75) is 31.8 Å². The maximum absolute atomic E-state index is 12.1. The number of carbonyl (C=O) groups is 1. The summed E-state index contributed by atoms with van der Waals surface area (Å²) in [7, 11) is 0. The Balaban J connectivity index is 1.99. The number of amides is 1. The molecule has 1 aliphatic rings. The molecule has 1 saturated heterocycles. The lowest BCUT2D eigenvalue weighted by Crippen LogP contribution is -2.39. The van der Waals surface area contributed by atoms with Gasteiger partial charge in [0.25, 0.3) is 5.91 Å². The van der Waals surface area contributed by atoms with Crippen molar-refractivity contribution in [1.82, 2.24) is 0 Å². The normalized spacial score (nSPS) is 22.2. The molecule has 1 heterocycles. The Kier molecular flexibility index (Phi) is 4.17. The van der Waals surface area contributed by atoms with Crippen molar-refractivity contribution >= 4 is 28.8 Å². The molecular formula is C14H18N2O2S. The highest BCUT2D eigenvalue weighted by Crippen LogP contribution is 2.26. The quantitative estimate of drug-likeness (QED) is 0.827. The van der Waals surface area contributed by atoms with Crippen LogP contribution in [-0.2, 0) is 16.0 Å². The van der Waals surface area contributed by atoms with Crippen molar-refractivity contribution in [3.05, 3.63) is 29.8 Å². The third-order valence-electron chi connectivity index (χ3n) is 3.29. The number of hydrogen-bond acceptors (Lipinski definition) is 3. The molecule has 1 aliphatic heterocycles. The van der Waals surface area contributed by atoms with Crippen molar-refractivity contribution in [1.29, 1.82) is 0 Å². The zero-order valence-electron chi connectivity index (χ0n) is 10.9. The molecule has 4 nitrogen and oxygen atoms in total. The van der Waals surface area contributed by atoms with Crippen LogP contribution in [0.25, 0.3) is 0 Å². The van der Waals surface area contributed by atoms with Gasteiger partial charge in [0.15, 0.2) is 0 Å². The number of nitrogens with two attached hydrogens (primary N) is 1. The van der Waals surface area contributed by atoms with E-state index in [0.717, 1.165) is 24.1 Å². The summed E-state index contributed by atoms with van der Waals surface area (Å²) in [4.78, 5) is 12.6. The van der Waals surface area contributed by atoms with Crippen LogP contribution in [0.5, 0.6) is 0 Å². The van der Waals surface area contributed by atoms with E-state index >= 15 is 0 Å². The highest BCUT2D eigenvalue weighted by molar-refractivity contribution is 7.80. The van der Waals surface area contributed by atoms with Crippen molar-refractivity contribution < 1.29 is 9.53 Å². The topological polar surface area (TPSA) is 64.4 Å². The minimum Gasteiger partial charge on any atom is -0.393 e. The van der Waals surface area contributed by atoms with Gasteiger partial charge in [0.05, 0.1) is 4.99 Å². The molecule has 0 saturated carbocycles. The van der Waals surface area contributed by atoms with E-state index in [-0.39, 0.29) is 5.91 Å². The molecule has 0 aliphatic carbocycles. The first-order valence-electron chi connectivity index (χ1n) is 6.32.